The van der Waals surface area contributed by atoms with Gasteiger partial charge in [0.2, 0.25) is 0 Å². The Morgan fingerprint density at radius 1 is 1.19 bits per heavy atom. The molecule has 164 valence electrons. The molecule has 32 heavy (non-hydrogen) atoms. The molecule has 1 atom stereocenters. The molecule has 7 heteroatoms. The van der Waals surface area contributed by atoms with Crippen LogP contribution < -0.4 is 15.0 Å². The van der Waals surface area contributed by atoms with Crippen molar-refractivity contribution in [1.82, 2.24) is 9.97 Å². The summed E-state index contributed by atoms with van der Waals surface area (Å²) >= 11 is 0. The van der Waals surface area contributed by atoms with Gasteiger partial charge in [0.05, 0.1) is 24.1 Å². The number of aromatic carboxylic acids is 1. The number of benzene rings is 1. The Kier molecular flexibility index (Phi) is 5.39. The summed E-state index contributed by atoms with van der Waals surface area (Å²) in [5.74, 6) is 1.72. The Bertz CT molecular complexity index is 1130. The van der Waals surface area contributed by atoms with Crippen LogP contribution in [0.1, 0.15) is 52.6 Å². The minimum absolute atomic E-state index is 0.218. The molecule has 0 unspecified atom stereocenters. The van der Waals surface area contributed by atoms with E-state index in [1.165, 1.54) is 30.7 Å². The van der Waals surface area contributed by atoms with Crippen molar-refractivity contribution in [2.45, 2.75) is 31.1 Å². The number of nitrogens with one attached hydrogen (secondary N) is 1. The molecule has 0 saturated heterocycles. The number of hydrogen-bond acceptors (Lipinski definition) is 6. The lowest BCUT2D eigenvalue weighted by Gasteiger charge is -2.28. The highest BCUT2D eigenvalue weighted by atomic mass is 16.5. The fourth-order valence-electron chi connectivity index (χ4n) is 4.21. The molecule has 5 rings (SSSR count). The summed E-state index contributed by atoms with van der Waals surface area (Å²) in [6, 6.07) is 12.0. The van der Waals surface area contributed by atoms with E-state index in [1.807, 2.05) is 13.2 Å². The fraction of sp³-hybridized carbons (Fsp3) is 0.320. The number of aromatic nitrogens is 2. The molecule has 7 nitrogen and oxygen atoms in total. The highest BCUT2D eigenvalue weighted by Gasteiger charge is 2.25. The first kappa shape index (κ1) is 20.3. The van der Waals surface area contributed by atoms with E-state index in [0.29, 0.717) is 24.8 Å². The van der Waals surface area contributed by atoms with Crippen molar-refractivity contribution < 1.29 is 14.6 Å². The monoisotopic (exact) mass is 430 g/mol. The number of carbonyl (C=O) groups is 1. The van der Waals surface area contributed by atoms with Gasteiger partial charge in [-0.1, -0.05) is 12.1 Å². The van der Waals surface area contributed by atoms with Crippen molar-refractivity contribution in [2.75, 3.05) is 30.4 Å². The number of pyridine rings is 2. The van der Waals surface area contributed by atoms with Crippen molar-refractivity contribution >= 4 is 23.2 Å². The molecule has 0 amide bonds. The van der Waals surface area contributed by atoms with Gasteiger partial charge in [-0.05, 0) is 54.5 Å². The van der Waals surface area contributed by atoms with E-state index in [-0.39, 0.29) is 11.5 Å². The third kappa shape index (κ3) is 4.10. The lowest BCUT2D eigenvalue weighted by Crippen LogP contribution is -2.22. The summed E-state index contributed by atoms with van der Waals surface area (Å²) < 4.78 is 5.97. The quantitative estimate of drug-likeness (QED) is 0.557. The molecule has 1 aliphatic carbocycles. The summed E-state index contributed by atoms with van der Waals surface area (Å²) in [4.78, 5) is 22.2. The van der Waals surface area contributed by atoms with Crippen LogP contribution in [0, 0.1) is 0 Å². The summed E-state index contributed by atoms with van der Waals surface area (Å²) in [5.41, 5.74) is 4.23. The zero-order chi connectivity index (χ0) is 22.1. The number of carboxylic acid groups (broad SMARTS) is 1. The number of fused-ring (bicyclic) bond motifs is 1. The third-order valence-electron chi connectivity index (χ3n) is 6.30. The van der Waals surface area contributed by atoms with Crippen LogP contribution in [0.4, 0.5) is 17.2 Å². The number of carboxylic acids is 1. The van der Waals surface area contributed by atoms with Gasteiger partial charge in [0, 0.05) is 43.7 Å². The van der Waals surface area contributed by atoms with Crippen LogP contribution in [0.2, 0.25) is 0 Å². The second-order valence-corrected chi connectivity index (χ2v) is 8.45. The molecule has 0 radical (unpaired) electrons. The smallest absolute Gasteiger partial charge is 0.337 e. The van der Waals surface area contributed by atoms with Crippen molar-refractivity contribution in [1.29, 1.82) is 0 Å². The van der Waals surface area contributed by atoms with E-state index < -0.39 is 5.97 Å². The summed E-state index contributed by atoms with van der Waals surface area (Å²) in [7, 11) is 2.01. The lowest BCUT2D eigenvalue weighted by atomic mass is 9.92. The van der Waals surface area contributed by atoms with E-state index in [0.717, 1.165) is 29.2 Å². The van der Waals surface area contributed by atoms with Crippen LogP contribution in [0.25, 0.3) is 0 Å². The molecule has 1 saturated carbocycles. The van der Waals surface area contributed by atoms with Crippen molar-refractivity contribution in [2.24, 2.45) is 0 Å². The van der Waals surface area contributed by atoms with Crippen molar-refractivity contribution in [3.05, 3.63) is 71.7 Å². The van der Waals surface area contributed by atoms with Gasteiger partial charge in [-0.3, -0.25) is 4.98 Å². The third-order valence-corrected chi connectivity index (χ3v) is 6.30. The minimum atomic E-state index is -0.964. The van der Waals surface area contributed by atoms with E-state index >= 15 is 0 Å². The van der Waals surface area contributed by atoms with Gasteiger partial charge in [0.15, 0.2) is 0 Å². The van der Waals surface area contributed by atoms with Gasteiger partial charge in [-0.2, -0.15) is 0 Å². The van der Waals surface area contributed by atoms with Gasteiger partial charge >= 0.3 is 5.97 Å². The van der Waals surface area contributed by atoms with E-state index in [1.54, 1.807) is 6.20 Å². The molecule has 1 fully saturated rings. The van der Waals surface area contributed by atoms with Crippen LogP contribution in [-0.2, 0) is 0 Å². The first-order chi connectivity index (χ1) is 15.6. The first-order valence-corrected chi connectivity index (χ1v) is 11.0. The normalized spacial score (nSPS) is 17.2. The van der Waals surface area contributed by atoms with Crippen LogP contribution in [-0.4, -0.2) is 41.2 Å². The Hall–Kier alpha value is -3.61. The summed E-state index contributed by atoms with van der Waals surface area (Å²) in [6.07, 6.45) is 8.45. The van der Waals surface area contributed by atoms with Gasteiger partial charge < -0.3 is 20.1 Å². The minimum Gasteiger partial charge on any atom is -0.493 e. The highest BCUT2D eigenvalue weighted by molar-refractivity contribution is 5.93. The number of nitrogens with zero attached hydrogens (tertiary/aromatic N) is 3. The van der Waals surface area contributed by atoms with Crippen molar-refractivity contribution in [3.63, 3.8) is 0 Å². The van der Waals surface area contributed by atoms with Crippen LogP contribution in [0.5, 0.6) is 5.75 Å². The second-order valence-electron chi connectivity index (χ2n) is 8.45. The molecule has 3 heterocycles. The molecular weight excluding hydrogens is 404 g/mol. The van der Waals surface area contributed by atoms with Gasteiger partial charge in [0.1, 0.15) is 11.6 Å². The average Bonchev–Trinajstić information content (AvgIpc) is 3.68. The number of ether oxygens (including phenoxy) is 1. The maximum absolute atomic E-state index is 11.4. The van der Waals surface area contributed by atoms with Gasteiger partial charge in [0.25, 0.3) is 0 Å². The topological polar surface area (TPSA) is 87.6 Å². The molecular formula is C25H26N4O3. The van der Waals surface area contributed by atoms with Gasteiger partial charge in [-0.15, -0.1) is 0 Å². The number of anilines is 3. The molecule has 3 aromatic rings. The molecule has 2 N–H and O–H groups in total. The summed E-state index contributed by atoms with van der Waals surface area (Å²) in [6.45, 7) is 1.24. The Morgan fingerprint density at radius 2 is 2.06 bits per heavy atom. The standard InChI is InChI=1S/C25H26N4O3/c1-29(24-7-4-17(13-28-24)16-2-3-16)19-5-6-20-18(9-11-32-23(20)12-19)14-27-22-15-26-10-8-21(22)25(30)31/h4-8,10,12-13,15-16,18,27H,2-3,9,11,14H2,1H3,(H,30,31)/t18-/m0/s1. The highest BCUT2D eigenvalue weighted by Crippen LogP contribution is 2.41. The maximum Gasteiger partial charge on any atom is 0.337 e. The average molecular weight is 431 g/mol. The largest absolute Gasteiger partial charge is 0.493 e. The number of rotatable bonds is 7. The Balaban J connectivity index is 1.31. The molecule has 1 aliphatic heterocycles. The zero-order valence-electron chi connectivity index (χ0n) is 18.0. The van der Waals surface area contributed by atoms with E-state index in [4.69, 9.17) is 4.74 Å². The van der Waals surface area contributed by atoms with E-state index in [9.17, 15) is 9.90 Å². The second kappa shape index (κ2) is 8.49. The predicted molar refractivity (Wildman–Crippen MR) is 123 cm³/mol. The molecule has 0 spiro atoms. The number of hydrogen-bond donors (Lipinski definition) is 2. The van der Waals surface area contributed by atoms with Gasteiger partial charge in [-0.25, -0.2) is 9.78 Å². The van der Waals surface area contributed by atoms with Crippen LogP contribution in [0.3, 0.4) is 0 Å². The SMILES string of the molecule is CN(c1ccc2c(c1)OCC[C@H]2CNc1cnccc1C(=O)O)c1ccc(C2CC2)cn1. The van der Waals surface area contributed by atoms with E-state index in [2.05, 4.69) is 50.5 Å². The summed E-state index contributed by atoms with van der Waals surface area (Å²) in [5, 5.41) is 12.7. The Labute approximate surface area is 187 Å². The molecule has 1 aromatic carbocycles. The predicted octanol–water partition coefficient (Wildman–Crippen LogP) is 4.80. The fourth-order valence-corrected chi connectivity index (χ4v) is 4.21. The molecule has 2 aliphatic rings. The first-order valence-electron chi connectivity index (χ1n) is 11.0. The Morgan fingerprint density at radius 3 is 2.81 bits per heavy atom. The van der Waals surface area contributed by atoms with Crippen LogP contribution >= 0.6 is 0 Å². The van der Waals surface area contributed by atoms with Crippen LogP contribution in [0.15, 0.2) is 55.0 Å². The maximum atomic E-state index is 11.4. The lowest BCUT2D eigenvalue weighted by molar-refractivity contribution is 0.0697. The molecule has 0 bridgehead atoms. The van der Waals surface area contributed by atoms with Crippen molar-refractivity contribution in [3.8, 4) is 5.75 Å². The molecule has 2 aromatic heterocycles. The zero-order valence-corrected chi connectivity index (χ0v) is 18.0.